The van der Waals surface area contributed by atoms with Crippen molar-refractivity contribution in [3.8, 4) is 5.75 Å². The van der Waals surface area contributed by atoms with Gasteiger partial charge in [0, 0.05) is 12.7 Å². The van der Waals surface area contributed by atoms with Crippen molar-refractivity contribution in [1.82, 2.24) is 0 Å². The van der Waals surface area contributed by atoms with Gasteiger partial charge in [-0.2, -0.15) is 0 Å². The molecule has 0 heterocycles. The second-order valence-electron chi connectivity index (χ2n) is 7.87. The maximum absolute atomic E-state index is 8.00. The van der Waals surface area contributed by atoms with Gasteiger partial charge in [-0.15, -0.1) is 0 Å². The van der Waals surface area contributed by atoms with Crippen molar-refractivity contribution in [1.29, 1.82) is 0 Å². The number of anilines is 1. The predicted octanol–water partition coefficient (Wildman–Crippen LogP) is 6.49. The van der Waals surface area contributed by atoms with Crippen LogP contribution in [-0.4, -0.2) is 13.8 Å². The van der Waals surface area contributed by atoms with Crippen LogP contribution in [0.1, 0.15) is 56.4 Å². The fourth-order valence-electron chi connectivity index (χ4n) is 2.25. The minimum Gasteiger partial charge on any atom is -0.489 e. The van der Waals surface area contributed by atoms with E-state index < -0.39 is 0 Å². The van der Waals surface area contributed by atoms with Crippen molar-refractivity contribution in [2.24, 2.45) is 5.41 Å². The van der Waals surface area contributed by atoms with Gasteiger partial charge in [-0.3, -0.25) is 0 Å². The van der Waals surface area contributed by atoms with Crippen LogP contribution >= 0.6 is 0 Å². The number of ether oxygens (including phenoxy) is 1. The summed E-state index contributed by atoms with van der Waals surface area (Å²) in [6, 6.07) is 12.6. The molecule has 2 aromatic carbocycles. The molecule has 0 saturated carbocycles. The summed E-state index contributed by atoms with van der Waals surface area (Å²) in [6.45, 7) is 17.8. The molecule has 0 amide bonds. The summed E-state index contributed by atoms with van der Waals surface area (Å²) in [5.74, 6) is 0.926. The molecule has 150 valence electrons. The zero-order valence-corrected chi connectivity index (χ0v) is 18.4. The first-order valence-corrected chi connectivity index (χ1v) is 9.42. The summed E-state index contributed by atoms with van der Waals surface area (Å²) in [5.41, 5.74) is 6.61. The third kappa shape index (κ3) is 9.83. The van der Waals surface area contributed by atoms with E-state index in [1.165, 1.54) is 34.4 Å². The van der Waals surface area contributed by atoms with Crippen LogP contribution in [0.3, 0.4) is 0 Å². The van der Waals surface area contributed by atoms with E-state index in [9.17, 15) is 0 Å². The Morgan fingerprint density at radius 3 is 1.78 bits per heavy atom. The average molecular weight is 372 g/mol. The van der Waals surface area contributed by atoms with Gasteiger partial charge >= 0.3 is 0 Å². The number of benzene rings is 2. The molecule has 0 aromatic heterocycles. The fourth-order valence-corrected chi connectivity index (χ4v) is 2.25. The van der Waals surface area contributed by atoms with Crippen LogP contribution < -0.4 is 10.1 Å². The van der Waals surface area contributed by atoms with E-state index in [1.807, 2.05) is 13.8 Å². The van der Waals surface area contributed by atoms with E-state index in [1.54, 1.807) is 0 Å². The second-order valence-corrected chi connectivity index (χ2v) is 7.87. The van der Waals surface area contributed by atoms with Gasteiger partial charge in [0.15, 0.2) is 0 Å². The summed E-state index contributed by atoms with van der Waals surface area (Å²) in [6.07, 6.45) is 1.27. The molecule has 0 unspecified atom stereocenters. The molecule has 3 nitrogen and oxygen atoms in total. The first-order chi connectivity index (χ1) is 12.7. The number of hydrogen-bond donors (Lipinski definition) is 1. The van der Waals surface area contributed by atoms with E-state index in [0.717, 1.165) is 5.75 Å². The lowest BCUT2D eigenvalue weighted by Crippen LogP contribution is -2.00. The molecule has 27 heavy (non-hydrogen) atoms. The van der Waals surface area contributed by atoms with Crippen LogP contribution in [0.2, 0.25) is 0 Å². The Kier molecular flexibility index (Phi) is 11.1. The monoisotopic (exact) mass is 371 g/mol. The Morgan fingerprint density at radius 1 is 0.963 bits per heavy atom. The van der Waals surface area contributed by atoms with Crippen LogP contribution in [0.15, 0.2) is 36.4 Å². The van der Waals surface area contributed by atoms with Crippen LogP contribution in [0.4, 0.5) is 5.69 Å². The molecule has 0 aliphatic heterocycles. The highest BCUT2D eigenvalue weighted by atomic mass is 16.5. The van der Waals surface area contributed by atoms with E-state index >= 15 is 0 Å². The smallest absolute Gasteiger partial charge is 0.120 e. The standard InChI is InChI=1S/C17H21NO.C6H14.CH2O/c1-12-5-7-15(8-6-12)11-19-16-9-13(2)17(18-4)14(3)10-16;1-5-6(2,3)4;1-2/h5-10,18H,11H2,1-4H3;5H2,1-4H3;1H2. The molecule has 0 aliphatic rings. The van der Waals surface area contributed by atoms with E-state index in [4.69, 9.17) is 9.53 Å². The first kappa shape index (κ1) is 24.7. The van der Waals surface area contributed by atoms with Crippen molar-refractivity contribution >= 4 is 12.5 Å². The summed E-state index contributed by atoms with van der Waals surface area (Å²) in [7, 11) is 1.95. The number of rotatable bonds is 4. The Labute approximate surface area is 166 Å². The van der Waals surface area contributed by atoms with Crippen LogP contribution in [0.25, 0.3) is 0 Å². The van der Waals surface area contributed by atoms with Crippen molar-refractivity contribution in [2.75, 3.05) is 12.4 Å². The Morgan fingerprint density at radius 2 is 1.41 bits per heavy atom. The summed E-state index contributed by atoms with van der Waals surface area (Å²) >= 11 is 0. The molecule has 0 bridgehead atoms. The number of aryl methyl sites for hydroxylation is 3. The van der Waals surface area contributed by atoms with Gasteiger partial charge < -0.3 is 14.8 Å². The number of carbonyl (C=O) groups excluding carboxylic acids is 1. The van der Waals surface area contributed by atoms with Crippen molar-refractivity contribution in [2.45, 2.75) is 61.5 Å². The third-order valence-electron chi connectivity index (χ3n) is 4.34. The zero-order valence-electron chi connectivity index (χ0n) is 18.4. The summed E-state index contributed by atoms with van der Waals surface area (Å²) in [5, 5.41) is 3.22. The van der Waals surface area contributed by atoms with Gasteiger partial charge in [0.2, 0.25) is 0 Å². The molecule has 1 N–H and O–H groups in total. The summed E-state index contributed by atoms with van der Waals surface area (Å²) < 4.78 is 5.87. The molecule has 2 rings (SSSR count). The molecular formula is C24H37NO2. The molecule has 0 saturated heterocycles. The molecule has 0 aliphatic carbocycles. The Balaban J connectivity index is 0.000000722. The van der Waals surface area contributed by atoms with E-state index in [2.05, 4.69) is 90.2 Å². The summed E-state index contributed by atoms with van der Waals surface area (Å²) in [4.78, 5) is 8.00. The van der Waals surface area contributed by atoms with Gasteiger partial charge in [-0.25, -0.2) is 0 Å². The molecule has 0 radical (unpaired) electrons. The van der Waals surface area contributed by atoms with Crippen molar-refractivity contribution in [3.63, 3.8) is 0 Å². The second kappa shape index (κ2) is 12.2. The Hall–Kier alpha value is -2.29. The van der Waals surface area contributed by atoms with E-state index in [0.29, 0.717) is 12.0 Å². The number of hydrogen-bond acceptors (Lipinski definition) is 3. The highest BCUT2D eigenvalue weighted by molar-refractivity contribution is 5.59. The van der Waals surface area contributed by atoms with Crippen LogP contribution in [0, 0.1) is 26.2 Å². The van der Waals surface area contributed by atoms with Crippen molar-refractivity contribution in [3.05, 3.63) is 58.7 Å². The molecule has 0 fully saturated rings. The van der Waals surface area contributed by atoms with Gasteiger partial charge in [0.05, 0.1) is 0 Å². The van der Waals surface area contributed by atoms with Gasteiger partial charge in [-0.1, -0.05) is 63.9 Å². The largest absolute Gasteiger partial charge is 0.489 e. The highest BCUT2D eigenvalue weighted by Crippen LogP contribution is 2.26. The van der Waals surface area contributed by atoms with Gasteiger partial charge in [0.1, 0.15) is 19.1 Å². The minimum atomic E-state index is 0.542. The van der Waals surface area contributed by atoms with E-state index in [-0.39, 0.29) is 0 Å². The van der Waals surface area contributed by atoms with Crippen LogP contribution in [-0.2, 0) is 11.4 Å². The van der Waals surface area contributed by atoms with Crippen molar-refractivity contribution < 1.29 is 9.53 Å². The van der Waals surface area contributed by atoms with Gasteiger partial charge in [0.25, 0.3) is 0 Å². The molecule has 0 spiro atoms. The lowest BCUT2D eigenvalue weighted by molar-refractivity contribution is -0.0979. The Bertz CT molecular complexity index is 647. The fraction of sp³-hybridized carbons (Fsp3) is 0.458. The average Bonchev–Trinajstić information content (AvgIpc) is 2.63. The molecular weight excluding hydrogens is 334 g/mol. The van der Waals surface area contributed by atoms with Crippen LogP contribution in [0.5, 0.6) is 5.75 Å². The number of nitrogens with one attached hydrogen (secondary N) is 1. The lowest BCUT2D eigenvalue weighted by Gasteiger charge is -2.13. The maximum Gasteiger partial charge on any atom is 0.120 e. The third-order valence-corrected chi connectivity index (χ3v) is 4.34. The topological polar surface area (TPSA) is 38.3 Å². The lowest BCUT2D eigenvalue weighted by atomic mass is 9.94. The normalized spacial score (nSPS) is 10.1. The highest BCUT2D eigenvalue weighted by Gasteiger charge is 2.05. The van der Waals surface area contributed by atoms with Gasteiger partial charge in [-0.05, 0) is 55.0 Å². The minimum absolute atomic E-state index is 0.542. The maximum atomic E-state index is 8.00. The molecule has 2 aromatic rings. The number of carbonyl (C=O) groups is 1. The molecule has 3 heteroatoms. The SMILES string of the molecule is C=O.CCC(C)(C)C.CNc1c(C)cc(OCc2ccc(C)cc2)cc1C. The zero-order chi connectivity index (χ0) is 21.0. The molecule has 0 atom stereocenters. The predicted molar refractivity (Wildman–Crippen MR) is 118 cm³/mol. The quantitative estimate of drug-likeness (QED) is 0.667. The first-order valence-electron chi connectivity index (χ1n) is 9.42.